The average Bonchev–Trinajstić information content (AvgIpc) is 2.68. The Morgan fingerprint density at radius 2 is 2.33 bits per heavy atom. The third-order valence-electron chi connectivity index (χ3n) is 1.23. The van der Waals surface area contributed by atoms with Crippen LogP contribution in [0.2, 0.25) is 0 Å². The molecule has 1 aromatic heterocycles. The van der Waals surface area contributed by atoms with Crippen molar-refractivity contribution in [3.05, 3.63) is 24.4 Å². The molecular weight excluding hydrogens is 193 g/mol. The van der Waals surface area contributed by atoms with Crippen LogP contribution < -0.4 is 18.9 Å². The van der Waals surface area contributed by atoms with Gasteiger partial charge in [0, 0.05) is 0 Å². The molecule has 0 aliphatic heterocycles. The van der Waals surface area contributed by atoms with E-state index in [0.717, 1.165) is 12.7 Å². The molecule has 0 aliphatic rings. The fourth-order valence-electron chi connectivity index (χ4n) is 0.772. The predicted molar refractivity (Wildman–Crippen MR) is 49.2 cm³/mol. The van der Waals surface area contributed by atoms with Gasteiger partial charge >= 0.3 is 18.9 Å². The van der Waals surface area contributed by atoms with E-state index in [1.165, 1.54) is 12.5 Å². The second-order valence-electron chi connectivity index (χ2n) is 2.11. The van der Waals surface area contributed by atoms with Crippen molar-refractivity contribution in [2.24, 2.45) is 0 Å². The third-order valence-corrected chi connectivity index (χ3v) is 1.23. The van der Waals surface area contributed by atoms with Crippen molar-refractivity contribution in [1.29, 1.82) is 0 Å². The van der Waals surface area contributed by atoms with E-state index in [1.54, 1.807) is 6.08 Å². The van der Waals surface area contributed by atoms with Crippen LogP contribution in [0.4, 0.5) is 0 Å². The maximum Gasteiger partial charge on any atom is 1.00 e. The first-order valence-electron chi connectivity index (χ1n) is 3.86. The van der Waals surface area contributed by atoms with Crippen LogP contribution in [-0.4, -0.2) is 22.8 Å². The Morgan fingerprint density at radius 3 is 2.67 bits per heavy atom. The fourth-order valence-corrected chi connectivity index (χ4v) is 0.772. The van der Waals surface area contributed by atoms with Crippen LogP contribution in [0.3, 0.4) is 0 Å². The number of nitrogens with zero attached hydrogens (tertiary/aromatic N) is 1. The molecule has 0 bridgehead atoms. The van der Waals surface area contributed by atoms with Crippen LogP contribution in [0.5, 0.6) is 0 Å². The summed E-state index contributed by atoms with van der Waals surface area (Å²) >= 11 is 0. The van der Waals surface area contributed by atoms with Gasteiger partial charge in [0.1, 0.15) is 6.26 Å². The number of hydrogen-bond acceptors (Lipinski definition) is 4. The number of oxazole rings is 1. The molecule has 76 valence electrons. The Bertz CT molecular complexity index is 295. The summed E-state index contributed by atoms with van der Waals surface area (Å²) in [4.78, 5) is 22.5. The number of aromatic nitrogens is 1. The summed E-state index contributed by atoms with van der Waals surface area (Å²) in [6.45, 7) is 2.45. The van der Waals surface area contributed by atoms with Gasteiger partial charge in [0.15, 0.2) is 6.29 Å². The van der Waals surface area contributed by atoms with E-state index in [1.807, 2.05) is 6.92 Å². The molecule has 0 amide bonds. The number of allylic oxidation sites excluding steroid dienone is 2. The monoisotopic (exact) mass is 203 g/mol. The summed E-state index contributed by atoms with van der Waals surface area (Å²) in [6, 6.07) is 0. The van der Waals surface area contributed by atoms with E-state index < -0.39 is 0 Å². The van der Waals surface area contributed by atoms with Crippen molar-refractivity contribution in [1.82, 2.24) is 4.98 Å². The first kappa shape index (κ1) is 16.1. The molecule has 0 aromatic carbocycles. The molecule has 0 aliphatic carbocycles. The zero-order valence-electron chi connectivity index (χ0n) is 8.64. The van der Waals surface area contributed by atoms with Gasteiger partial charge in [-0.15, -0.1) is 0 Å². The van der Waals surface area contributed by atoms with Crippen molar-refractivity contribution in [2.75, 3.05) is 0 Å². The van der Waals surface area contributed by atoms with Crippen molar-refractivity contribution in [2.45, 2.75) is 13.3 Å². The van der Waals surface area contributed by atoms with Crippen LogP contribution in [0.15, 0.2) is 23.0 Å². The zero-order valence-corrected chi connectivity index (χ0v) is 8.64. The molecular formula is C9H10LiNO4. The van der Waals surface area contributed by atoms with Crippen LogP contribution in [-0.2, 0) is 9.59 Å². The van der Waals surface area contributed by atoms with Crippen molar-refractivity contribution in [3.8, 4) is 0 Å². The zero-order chi connectivity index (χ0) is 10.8. The number of carbonyl (C=O) groups excluding carboxylic acids is 1. The van der Waals surface area contributed by atoms with Crippen LogP contribution in [0.1, 0.15) is 19.2 Å². The minimum absolute atomic E-state index is 0. The van der Waals surface area contributed by atoms with E-state index in [4.69, 9.17) is 14.3 Å². The van der Waals surface area contributed by atoms with Gasteiger partial charge in [-0.1, -0.05) is 19.5 Å². The SMILES string of the molecule is CCC=C(C=O)c1ncco1.O=[C-]O.[Li+]. The van der Waals surface area contributed by atoms with Crippen LogP contribution in [0, 0.1) is 0 Å². The summed E-state index contributed by atoms with van der Waals surface area (Å²) in [7, 11) is 0. The fraction of sp³-hybridized carbons (Fsp3) is 0.222. The molecule has 0 atom stereocenters. The van der Waals surface area contributed by atoms with Crippen molar-refractivity contribution < 1.29 is 38.0 Å². The molecule has 0 spiro atoms. The summed E-state index contributed by atoms with van der Waals surface area (Å²) in [6.07, 6.45) is 6.29. The van der Waals surface area contributed by atoms with Gasteiger partial charge in [-0.05, 0) is 6.42 Å². The van der Waals surface area contributed by atoms with Gasteiger partial charge in [-0.25, -0.2) is 4.98 Å². The Morgan fingerprint density at radius 1 is 1.73 bits per heavy atom. The molecule has 0 unspecified atom stereocenters. The first-order valence-corrected chi connectivity index (χ1v) is 3.86. The van der Waals surface area contributed by atoms with E-state index in [2.05, 4.69) is 4.98 Å². The Balaban J connectivity index is 0. The number of rotatable bonds is 3. The maximum atomic E-state index is 10.4. The molecule has 0 saturated heterocycles. The van der Waals surface area contributed by atoms with Gasteiger partial charge in [-0.2, -0.15) is 0 Å². The van der Waals surface area contributed by atoms with Crippen molar-refractivity contribution >= 4 is 18.3 Å². The second-order valence-corrected chi connectivity index (χ2v) is 2.11. The number of carbonyl (C=O) groups is 1. The quantitative estimate of drug-likeness (QED) is 0.273. The van der Waals surface area contributed by atoms with Crippen LogP contribution >= 0.6 is 0 Å². The van der Waals surface area contributed by atoms with Crippen molar-refractivity contribution in [3.63, 3.8) is 0 Å². The van der Waals surface area contributed by atoms with E-state index in [0.29, 0.717) is 17.9 Å². The van der Waals surface area contributed by atoms with E-state index >= 15 is 0 Å². The molecule has 0 radical (unpaired) electrons. The minimum atomic E-state index is 0. The molecule has 0 saturated carbocycles. The smallest absolute Gasteiger partial charge is 0.665 e. The topological polar surface area (TPSA) is 80.4 Å². The second kappa shape index (κ2) is 10.8. The number of hydrogen-bond donors (Lipinski definition) is 1. The Hall–Kier alpha value is -1.31. The van der Waals surface area contributed by atoms with Gasteiger partial charge in [0.05, 0.1) is 11.8 Å². The third kappa shape index (κ3) is 6.72. The summed E-state index contributed by atoms with van der Waals surface area (Å²) in [5.41, 5.74) is 0.512. The maximum absolute atomic E-state index is 10.4. The Labute approximate surface area is 99.4 Å². The molecule has 1 aromatic rings. The molecule has 5 nitrogen and oxygen atoms in total. The molecule has 1 rings (SSSR count). The van der Waals surface area contributed by atoms with Gasteiger partial charge in [0.2, 0.25) is 5.89 Å². The molecule has 1 heterocycles. The standard InChI is InChI=1S/C8H9NO2.CHO2.Li/c1-2-3-7(6-10)8-9-4-5-11-8;2-1-3;/h3-6H,2H2,1H3;(H,2,3);/q;-1;+1. The van der Waals surface area contributed by atoms with Gasteiger partial charge in [0.25, 0.3) is 0 Å². The summed E-state index contributed by atoms with van der Waals surface area (Å²) in [5, 5.41) is 6.76. The number of aldehydes is 1. The van der Waals surface area contributed by atoms with E-state index in [-0.39, 0.29) is 18.9 Å². The van der Waals surface area contributed by atoms with Gasteiger partial charge < -0.3 is 14.3 Å². The molecule has 1 N–H and O–H groups in total. The normalized spacial score (nSPS) is 9.27. The van der Waals surface area contributed by atoms with Gasteiger partial charge in [-0.3, -0.25) is 4.79 Å². The van der Waals surface area contributed by atoms with Crippen LogP contribution in [0.25, 0.3) is 5.57 Å². The largest absolute Gasteiger partial charge is 1.00 e. The average molecular weight is 203 g/mol. The predicted octanol–water partition coefficient (Wildman–Crippen LogP) is -1.72. The Kier molecular flexibility index (Phi) is 11.6. The van der Waals surface area contributed by atoms with E-state index in [9.17, 15) is 4.79 Å². The molecule has 6 heteroatoms. The molecule has 15 heavy (non-hydrogen) atoms. The molecule has 0 fully saturated rings. The summed E-state index contributed by atoms with van der Waals surface area (Å²) in [5.74, 6) is 0.391. The first-order chi connectivity index (χ1) is 6.79. The minimum Gasteiger partial charge on any atom is -0.665 e. The number of aliphatic hydroxyl groups excluding tert-OH is 1. The summed E-state index contributed by atoms with van der Waals surface area (Å²) < 4.78 is 4.93.